The Morgan fingerprint density at radius 3 is 2.50 bits per heavy atom. The molecule has 0 aliphatic carbocycles. The molecule has 0 aromatic rings. The van der Waals surface area contributed by atoms with E-state index in [2.05, 4.69) is 18.7 Å². The lowest BCUT2D eigenvalue weighted by atomic mass is 10.1. The Morgan fingerprint density at radius 2 is 1.81 bits per heavy atom. The lowest BCUT2D eigenvalue weighted by molar-refractivity contribution is 0.00551. The molecule has 0 radical (unpaired) electrons. The molecule has 0 saturated carbocycles. The molecule has 1 fully saturated rings. The molecule has 0 aromatic carbocycles. The number of hydrogen-bond donors (Lipinski definition) is 0. The summed E-state index contributed by atoms with van der Waals surface area (Å²) in [6.45, 7) is 10.2. The molecule has 1 atom stereocenters. The Morgan fingerprint density at radius 1 is 1.06 bits per heavy atom. The summed E-state index contributed by atoms with van der Waals surface area (Å²) < 4.78 is 11.1. The summed E-state index contributed by atoms with van der Waals surface area (Å²) in [5.41, 5.74) is 0. The predicted molar refractivity (Wildman–Crippen MR) is 66.8 cm³/mol. The zero-order valence-corrected chi connectivity index (χ0v) is 10.9. The first kappa shape index (κ1) is 13.9. The van der Waals surface area contributed by atoms with E-state index in [1.807, 2.05) is 0 Å². The molecular formula is C13H27NO2. The van der Waals surface area contributed by atoms with Gasteiger partial charge < -0.3 is 14.4 Å². The molecule has 0 aromatic heterocycles. The summed E-state index contributed by atoms with van der Waals surface area (Å²) in [5.74, 6) is 0. The van der Waals surface area contributed by atoms with Crippen LogP contribution in [-0.2, 0) is 9.47 Å². The molecule has 3 nitrogen and oxygen atoms in total. The van der Waals surface area contributed by atoms with Gasteiger partial charge in [-0.15, -0.1) is 0 Å². The van der Waals surface area contributed by atoms with Crippen molar-refractivity contribution in [2.45, 2.75) is 45.6 Å². The summed E-state index contributed by atoms with van der Waals surface area (Å²) >= 11 is 0. The van der Waals surface area contributed by atoms with Gasteiger partial charge in [0.2, 0.25) is 0 Å². The highest BCUT2D eigenvalue weighted by atomic mass is 16.5. The van der Waals surface area contributed by atoms with Crippen LogP contribution in [0.15, 0.2) is 0 Å². The summed E-state index contributed by atoms with van der Waals surface area (Å²) in [6, 6.07) is 0. The van der Waals surface area contributed by atoms with Gasteiger partial charge in [-0.3, -0.25) is 0 Å². The van der Waals surface area contributed by atoms with Gasteiger partial charge in [-0.1, -0.05) is 13.3 Å². The maximum atomic E-state index is 5.56. The van der Waals surface area contributed by atoms with E-state index in [1.165, 1.54) is 32.4 Å². The van der Waals surface area contributed by atoms with E-state index in [-0.39, 0.29) is 0 Å². The highest BCUT2D eigenvalue weighted by Crippen LogP contribution is 2.07. The number of nitrogens with zero attached hydrogens (tertiary/aromatic N) is 1. The lowest BCUT2D eigenvalue weighted by Crippen LogP contribution is -2.32. The first-order valence-corrected chi connectivity index (χ1v) is 6.74. The molecule has 16 heavy (non-hydrogen) atoms. The van der Waals surface area contributed by atoms with Gasteiger partial charge in [0.15, 0.2) is 0 Å². The molecule has 3 heteroatoms. The van der Waals surface area contributed by atoms with E-state index >= 15 is 0 Å². The maximum Gasteiger partial charge on any atom is 0.0704 e. The Bertz CT molecular complexity index is 158. The number of ether oxygens (including phenoxy) is 2. The van der Waals surface area contributed by atoms with Crippen molar-refractivity contribution < 1.29 is 9.47 Å². The Labute approximate surface area is 100 Å². The minimum absolute atomic E-state index is 0.366. The number of likely N-dealkylation sites (tertiary alicyclic amines) is 1. The van der Waals surface area contributed by atoms with Gasteiger partial charge in [-0.05, 0) is 39.3 Å². The van der Waals surface area contributed by atoms with Crippen LogP contribution in [0.4, 0.5) is 0 Å². The van der Waals surface area contributed by atoms with Crippen molar-refractivity contribution in [1.82, 2.24) is 4.90 Å². The van der Waals surface area contributed by atoms with E-state index in [9.17, 15) is 0 Å². The molecule has 1 unspecified atom stereocenters. The van der Waals surface area contributed by atoms with Gasteiger partial charge in [0, 0.05) is 6.54 Å². The van der Waals surface area contributed by atoms with Crippen molar-refractivity contribution in [1.29, 1.82) is 0 Å². The molecule has 0 N–H and O–H groups in total. The van der Waals surface area contributed by atoms with Crippen molar-refractivity contribution in [3.8, 4) is 0 Å². The van der Waals surface area contributed by atoms with Gasteiger partial charge >= 0.3 is 0 Å². The largest absolute Gasteiger partial charge is 0.378 e. The standard InChI is InChI=1S/C13H27NO2/c1-3-13(2)16-12-11-15-10-9-14-7-5-4-6-8-14/h13H,3-12H2,1-2H3. The molecule has 1 heterocycles. The fraction of sp³-hybridized carbons (Fsp3) is 1.00. The monoisotopic (exact) mass is 229 g/mol. The molecule has 96 valence electrons. The van der Waals surface area contributed by atoms with E-state index < -0.39 is 0 Å². The average molecular weight is 229 g/mol. The van der Waals surface area contributed by atoms with Crippen molar-refractivity contribution in [2.24, 2.45) is 0 Å². The van der Waals surface area contributed by atoms with Crippen LogP contribution in [-0.4, -0.2) is 50.5 Å². The minimum Gasteiger partial charge on any atom is -0.378 e. The summed E-state index contributed by atoms with van der Waals surface area (Å²) in [5, 5.41) is 0. The average Bonchev–Trinajstić information content (AvgIpc) is 2.34. The molecule has 0 bridgehead atoms. The quantitative estimate of drug-likeness (QED) is 0.596. The molecule has 0 spiro atoms. The number of rotatable bonds is 8. The zero-order chi connectivity index (χ0) is 11.6. The Kier molecular flexibility index (Phi) is 7.81. The molecule has 1 saturated heterocycles. The third-order valence-electron chi connectivity index (χ3n) is 3.21. The van der Waals surface area contributed by atoms with Gasteiger partial charge in [-0.25, -0.2) is 0 Å². The SMILES string of the molecule is CCC(C)OCCOCCN1CCCCC1. The second-order valence-corrected chi connectivity index (χ2v) is 4.60. The molecule has 0 amide bonds. The fourth-order valence-corrected chi connectivity index (χ4v) is 1.90. The van der Waals surface area contributed by atoms with E-state index in [1.54, 1.807) is 0 Å². The van der Waals surface area contributed by atoms with Gasteiger partial charge in [0.25, 0.3) is 0 Å². The van der Waals surface area contributed by atoms with E-state index in [0.29, 0.717) is 6.10 Å². The topological polar surface area (TPSA) is 21.7 Å². The maximum absolute atomic E-state index is 5.56. The van der Waals surface area contributed by atoms with E-state index in [0.717, 1.165) is 32.8 Å². The highest BCUT2D eigenvalue weighted by Gasteiger charge is 2.08. The van der Waals surface area contributed by atoms with Crippen LogP contribution in [0.1, 0.15) is 39.5 Å². The van der Waals surface area contributed by atoms with Crippen molar-refractivity contribution in [3.63, 3.8) is 0 Å². The van der Waals surface area contributed by atoms with Gasteiger partial charge in [-0.2, -0.15) is 0 Å². The second kappa shape index (κ2) is 8.97. The normalized spacial score (nSPS) is 19.9. The summed E-state index contributed by atoms with van der Waals surface area (Å²) in [4.78, 5) is 2.50. The van der Waals surface area contributed by atoms with Gasteiger partial charge in [0.05, 0.1) is 25.9 Å². The third kappa shape index (κ3) is 6.46. The van der Waals surface area contributed by atoms with Crippen LogP contribution in [0.5, 0.6) is 0 Å². The van der Waals surface area contributed by atoms with Crippen LogP contribution >= 0.6 is 0 Å². The summed E-state index contributed by atoms with van der Waals surface area (Å²) in [7, 11) is 0. The molecular weight excluding hydrogens is 202 g/mol. The highest BCUT2D eigenvalue weighted by molar-refractivity contribution is 4.63. The van der Waals surface area contributed by atoms with Crippen LogP contribution in [0, 0.1) is 0 Å². The Hall–Kier alpha value is -0.120. The van der Waals surface area contributed by atoms with Crippen LogP contribution in [0.3, 0.4) is 0 Å². The Balaban J connectivity index is 1.84. The van der Waals surface area contributed by atoms with Crippen molar-refractivity contribution in [2.75, 3.05) is 39.5 Å². The van der Waals surface area contributed by atoms with Gasteiger partial charge in [0.1, 0.15) is 0 Å². The minimum atomic E-state index is 0.366. The van der Waals surface area contributed by atoms with Crippen LogP contribution in [0.25, 0.3) is 0 Å². The molecule has 1 aliphatic heterocycles. The molecule has 1 aliphatic rings. The van der Waals surface area contributed by atoms with E-state index in [4.69, 9.17) is 9.47 Å². The first-order chi connectivity index (χ1) is 7.83. The zero-order valence-electron chi connectivity index (χ0n) is 10.9. The van der Waals surface area contributed by atoms with Crippen molar-refractivity contribution in [3.05, 3.63) is 0 Å². The molecule has 1 rings (SSSR count). The number of hydrogen-bond acceptors (Lipinski definition) is 3. The predicted octanol–water partition coefficient (Wildman–Crippen LogP) is 2.30. The lowest BCUT2D eigenvalue weighted by Gasteiger charge is -2.26. The summed E-state index contributed by atoms with van der Waals surface area (Å²) in [6.07, 6.45) is 5.56. The van der Waals surface area contributed by atoms with Crippen LogP contribution in [0.2, 0.25) is 0 Å². The van der Waals surface area contributed by atoms with Crippen molar-refractivity contribution >= 4 is 0 Å². The number of piperidine rings is 1. The second-order valence-electron chi connectivity index (χ2n) is 4.60. The fourth-order valence-electron chi connectivity index (χ4n) is 1.90. The van der Waals surface area contributed by atoms with Crippen LogP contribution < -0.4 is 0 Å². The first-order valence-electron chi connectivity index (χ1n) is 6.74. The smallest absolute Gasteiger partial charge is 0.0704 e. The third-order valence-corrected chi connectivity index (χ3v) is 3.21.